The minimum absolute atomic E-state index is 0.129. The van der Waals surface area contributed by atoms with Crippen LogP contribution in [0.4, 0.5) is 0 Å². The maximum atomic E-state index is 12.4. The summed E-state index contributed by atoms with van der Waals surface area (Å²) in [5, 5.41) is 0. The fourth-order valence-corrected chi connectivity index (χ4v) is 3.29. The number of amides is 1. The van der Waals surface area contributed by atoms with Gasteiger partial charge in [-0.1, -0.05) is 0 Å². The van der Waals surface area contributed by atoms with Gasteiger partial charge in [0, 0.05) is 24.8 Å². The molecule has 1 atom stereocenters. The number of nitrogens with zero attached hydrogens (tertiary/aromatic N) is 4. The molecule has 0 unspecified atom stereocenters. The van der Waals surface area contributed by atoms with Crippen LogP contribution in [0.3, 0.4) is 0 Å². The van der Waals surface area contributed by atoms with Crippen molar-refractivity contribution >= 4 is 15.9 Å². The van der Waals surface area contributed by atoms with E-state index in [1.165, 1.54) is 0 Å². The fourth-order valence-electron chi connectivity index (χ4n) is 2.91. The molecule has 0 aromatic carbocycles. The number of carbonyl (C=O) groups excluding carboxylic acids is 1. The molecule has 1 N–H and O–H groups in total. The monoisotopic (exact) mass is 355 g/mol. The smallest absolute Gasteiger partial charge is 0.238 e. The van der Waals surface area contributed by atoms with Crippen LogP contribution >= 0.6 is 0 Å². The average Bonchev–Trinajstić information content (AvgIpc) is 2.94. The molecule has 2 heterocycles. The number of aromatic nitrogens is 2. The first-order valence-electron chi connectivity index (χ1n) is 7.88. The van der Waals surface area contributed by atoms with Crippen molar-refractivity contribution in [3.8, 4) is 0 Å². The summed E-state index contributed by atoms with van der Waals surface area (Å²) in [6, 6.07) is -0.129. The lowest BCUT2D eigenvalue weighted by atomic mass is 10.1. The van der Waals surface area contributed by atoms with Gasteiger partial charge >= 0.3 is 0 Å². The minimum Gasteiger partial charge on any atom is -0.333 e. The second kappa shape index (κ2) is 7.54. The van der Waals surface area contributed by atoms with E-state index in [4.69, 9.17) is 0 Å². The van der Waals surface area contributed by atoms with Gasteiger partial charge in [-0.2, -0.15) is 0 Å². The average molecular weight is 355 g/mol. The first kappa shape index (κ1) is 18.8. The van der Waals surface area contributed by atoms with Crippen LogP contribution in [-0.4, -0.2) is 67.5 Å². The van der Waals surface area contributed by atoms with E-state index in [-0.39, 0.29) is 18.5 Å². The molecule has 1 fully saturated rings. The van der Waals surface area contributed by atoms with Crippen molar-refractivity contribution in [1.82, 2.24) is 24.5 Å². The largest absolute Gasteiger partial charge is 0.333 e. The highest BCUT2D eigenvalue weighted by Crippen LogP contribution is 2.32. The first-order chi connectivity index (χ1) is 11.2. The zero-order valence-electron chi connectivity index (χ0n) is 14.6. The molecule has 24 heavy (non-hydrogen) atoms. The number of rotatable bonds is 6. The molecule has 2 rings (SSSR count). The van der Waals surface area contributed by atoms with Crippen LogP contribution in [0.1, 0.15) is 36.0 Å². The molecule has 9 heteroatoms. The van der Waals surface area contributed by atoms with Gasteiger partial charge in [-0.05, 0) is 33.9 Å². The Labute approximate surface area is 143 Å². The Morgan fingerprint density at radius 1 is 1.46 bits per heavy atom. The van der Waals surface area contributed by atoms with Gasteiger partial charge in [-0.25, -0.2) is 23.1 Å². The van der Waals surface area contributed by atoms with Crippen LogP contribution in [0.25, 0.3) is 0 Å². The highest BCUT2D eigenvalue weighted by atomic mass is 32.2. The van der Waals surface area contributed by atoms with Gasteiger partial charge < -0.3 is 9.80 Å². The third kappa shape index (κ3) is 4.96. The minimum atomic E-state index is -3.39. The summed E-state index contributed by atoms with van der Waals surface area (Å²) in [6.45, 7) is 2.91. The first-order valence-corrected chi connectivity index (χ1v) is 9.78. The molecule has 0 bridgehead atoms. The molecule has 0 saturated carbocycles. The summed E-state index contributed by atoms with van der Waals surface area (Å²) in [6.07, 6.45) is 4.55. The van der Waals surface area contributed by atoms with Gasteiger partial charge in [0.1, 0.15) is 5.82 Å². The highest BCUT2D eigenvalue weighted by Gasteiger charge is 2.32. The molecule has 1 saturated heterocycles. The Hall–Kier alpha value is -1.58. The van der Waals surface area contributed by atoms with Gasteiger partial charge in [-0.3, -0.25) is 4.79 Å². The van der Waals surface area contributed by atoms with Crippen molar-refractivity contribution in [2.75, 3.05) is 33.4 Å². The topological polar surface area (TPSA) is 95.5 Å². The summed E-state index contributed by atoms with van der Waals surface area (Å²) in [5.74, 6) is 0.441. The van der Waals surface area contributed by atoms with E-state index in [2.05, 4.69) is 14.7 Å². The maximum Gasteiger partial charge on any atom is 0.238 e. The van der Waals surface area contributed by atoms with Crippen LogP contribution in [-0.2, 0) is 21.4 Å². The second-order valence-electron chi connectivity index (χ2n) is 6.40. The molecular weight excluding hydrogens is 330 g/mol. The quantitative estimate of drug-likeness (QED) is 0.775. The Bertz CT molecular complexity index is 705. The lowest BCUT2D eigenvalue weighted by Crippen LogP contribution is -2.40. The molecule has 1 aromatic rings. The lowest BCUT2D eigenvalue weighted by molar-refractivity contribution is -0.130. The van der Waals surface area contributed by atoms with Crippen LogP contribution in [0, 0.1) is 6.92 Å². The van der Waals surface area contributed by atoms with E-state index in [1.807, 2.05) is 32.1 Å². The Morgan fingerprint density at radius 2 is 2.17 bits per heavy atom. The van der Waals surface area contributed by atoms with Gasteiger partial charge in [0.05, 0.1) is 24.5 Å². The van der Waals surface area contributed by atoms with Gasteiger partial charge in [0.15, 0.2) is 0 Å². The Balaban J connectivity index is 2.23. The molecule has 0 radical (unpaired) electrons. The maximum absolute atomic E-state index is 12.4. The van der Waals surface area contributed by atoms with Crippen molar-refractivity contribution in [2.45, 2.75) is 32.4 Å². The summed E-state index contributed by atoms with van der Waals surface area (Å²) in [4.78, 5) is 25.0. The van der Waals surface area contributed by atoms with Gasteiger partial charge in [-0.15, -0.1) is 0 Å². The van der Waals surface area contributed by atoms with Crippen molar-refractivity contribution < 1.29 is 13.2 Å². The number of carbonyl (C=O) groups is 1. The predicted octanol–water partition coefficient (Wildman–Crippen LogP) is 0.0593. The number of hydrogen-bond donors (Lipinski definition) is 1. The SMILES string of the molecule is Cc1ncc(CN(C)C)c([C@@H]2CCCN2C(=O)CNS(C)(=O)=O)n1. The van der Waals surface area contributed by atoms with Crippen LogP contribution in [0.15, 0.2) is 6.20 Å². The third-order valence-corrected chi connectivity index (χ3v) is 4.55. The van der Waals surface area contributed by atoms with E-state index in [0.717, 1.165) is 30.4 Å². The molecule has 8 nitrogen and oxygen atoms in total. The number of nitrogens with one attached hydrogen (secondary N) is 1. The standard InChI is InChI=1S/C15H25N5O3S/c1-11-16-8-12(10-19(2)3)15(18-11)13-6-5-7-20(13)14(21)9-17-24(4,22)23/h8,13,17H,5-7,9-10H2,1-4H3/t13-/m0/s1. The van der Waals surface area contributed by atoms with Crippen LogP contribution in [0.5, 0.6) is 0 Å². The summed E-state index contributed by atoms with van der Waals surface area (Å²) < 4.78 is 24.7. The van der Waals surface area contributed by atoms with E-state index >= 15 is 0 Å². The molecular formula is C15H25N5O3S. The number of likely N-dealkylation sites (tertiary alicyclic amines) is 1. The van der Waals surface area contributed by atoms with Crippen molar-refractivity contribution in [1.29, 1.82) is 0 Å². The molecule has 1 aromatic heterocycles. The van der Waals surface area contributed by atoms with Gasteiger partial charge in [0.2, 0.25) is 15.9 Å². The molecule has 1 amide bonds. The van der Waals surface area contributed by atoms with E-state index in [0.29, 0.717) is 18.9 Å². The van der Waals surface area contributed by atoms with Crippen molar-refractivity contribution in [3.05, 3.63) is 23.3 Å². The zero-order chi connectivity index (χ0) is 17.9. The third-order valence-electron chi connectivity index (χ3n) is 3.88. The number of hydrogen-bond acceptors (Lipinski definition) is 6. The number of sulfonamides is 1. The van der Waals surface area contributed by atoms with E-state index in [9.17, 15) is 13.2 Å². The molecule has 0 aliphatic carbocycles. The fraction of sp³-hybridized carbons (Fsp3) is 0.667. The van der Waals surface area contributed by atoms with Crippen molar-refractivity contribution in [3.63, 3.8) is 0 Å². The number of aryl methyl sites for hydroxylation is 1. The van der Waals surface area contributed by atoms with Crippen molar-refractivity contribution in [2.24, 2.45) is 0 Å². The Kier molecular flexibility index (Phi) is 5.89. The summed E-state index contributed by atoms with van der Waals surface area (Å²) >= 11 is 0. The highest BCUT2D eigenvalue weighted by molar-refractivity contribution is 7.88. The van der Waals surface area contributed by atoms with E-state index in [1.54, 1.807) is 4.90 Å². The Morgan fingerprint density at radius 3 is 2.79 bits per heavy atom. The van der Waals surface area contributed by atoms with Gasteiger partial charge in [0.25, 0.3) is 0 Å². The zero-order valence-corrected chi connectivity index (χ0v) is 15.4. The molecule has 134 valence electrons. The predicted molar refractivity (Wildman–Crippen MR) is 90.7 cm³/mol. The van der Waals surface area contributed by atoms with Crippen LogP contribution < -0.4 is 4.72 Å². The normalized spacial score (nSPS) is 18.4. The molecule has 0 spiro atoms. The van der Waals surface area contributed by atoms with E-state index < -0.39 is 10.0 Å². The lowest BCUT2D eigenvalue weighted by Gasteiger charge is -2.26. The summed E-state index contributed by atoms with van der Waals surface area (Å²) in [5.41, 5.74) is 1.85. The summed E-state index contributed by atoms with van der Waals surface area (Å²) in [7, 11) is 0.548. The van der Waals surface area contributed by atoms with Crippen LogP contribution in [0.2, 0.25) is 0 Å². The molecule has 1 aliphatic heterocycles. The second-order valence-corrected chi connectivity index (χ2v) is 8.24. The molecule has 1 aliphatic rings.